The van der Waals surface area contributed by atoms with Crippen molar-refractivity contribution in [2.75, 3.05) is 30.3 Å². The molecule has 6 nitrogen and oxygen atoms in total. The summed E-state index contributed by atoms with van der Waals surface area (Å²) >= 11 is 0. The third-order valence-corrected chi connectivity index (χ3v) is 5.33. The quantitative estimate of drug-likeness (QED) is 0.640. The van der Waals surface area contributed by atoms with E-state index in [-0.39, 0.29) is 23.9 Å². The number of para-hydroxylation sites is 1. The summed E-state index contributed by atoms with van der Waals surface area (Å²) in [5.74, 6) is 2.78. The molecule has 156 valence electrons. The van der Waals surface area contributed by atoms with Gasteiger partial charge in [0.25, 0.3) is 0 Å². The van der Waals surface area contributed by atoms with Crippen LogP contribution >= 0.6 is 0 Å². The average Bonchev–Trinajstić information content (AvgIpc) is 2.75. The van der Waals surface area contributed by atoms with Gasteiger partial charge in [-0.05, 0) is 62.7 Å². The average molecular weight is 405 g/mol. The number of hydrogen-bond acceptors (Lipinski definition) is 3. The van der Waals surface area contributed by atoms with Crippen LogP contribution in [0.1, 0.15) is 31.4 Å². The fourth-order valence-corrected chi connectivity index (χ4v) is 3.57. The van der Waals surface area contributed by atoms with Crippen molar-refractivity contribution in [3.63, 3.8) is 0 Å². The van der Waals surface area contributed by atoms with Crippen LogP contribution in [0.5, 0.6) is 0 Å². The molecule has 1 aliphatic heterocycles. The molecular weight excluding hydrogens is 376 g/mol. The van der Waals surface area contributed by atoms with Crippen molar-refractivity contribution in [1.29, 1.82) is 0 Å². The zero-order valence-corrected chi connectivity index (χ0v) is 17.2. The Balaban J connectivity index is 1.47. The first kappa shape index (κ1) is 21.4. The van der Waals surface area contributed by atoms with Crippen LogP contribution in [0.2, 0.25) is 0 Å². The number of urea groups is 1. The van der Waals surface area contributed by atoms with E-state index in [4.69, 9.17) is 6.42 Å². The lowest BCUT2D eigenvalue weighted by Gasteiger charge is -2.30. The second-order valence-electron chi connectivity index (χ2n) is 7.55. The number of benzene rings is 2. The van der Waals surface area contributed by atoms with Gasteiger partial charge in [0, 0.05) is 17.3 Å². The smallest absolute Gasteiger partial charge is 0.323 e. The Morgan fingerprint density at radius 1 is 1.03 bits per heavy atom. The lowest BCUT2D eigenvalue weighted by atomic mass is 9.95. The van der Waals surface area contributed by atoms with E-state index in [0.29, 0.717) is 12.2 Å². The van der Waals surface area contributed by atoms with E-state index < -0.39 is 0 Å². The monoisotopic (exact) mass is 404 g/mol. The third-order valence-electron chi connectivity index (χ3n) is 5.33. The molecule has 0 aliphatic carbocycles. The van der Waals surface area contributed by atoms with Crippen LogP contribution in [0, 0.1) is 18.3 Å². The van der Waals surface area contributed by atoms with Crippen molar-refractivity contribution >= 4 is 23.3 Å². The number of carbonyl (C=O) groups excluding carboxylic acids is 2. The van der Waals surface area contributed by atoms with Gasteiger partial charge in [0.05, 0.1) is 12.6 Å². The molecule has 1 saturated heterocycles. The SMILES string of the molecule is C#CCN1CCC(C(=O)NC(C)c2ccc(NC(=O)Nc3ccccc3)cc2)CC1. The highest BCUT2D eigenvalue weighted by Crippen LogP contribution is 2.21. The molecule has 0 spiro atoms. The minimum atomic E-state index is -0.300. The first-order valence-electron chi connectivity index (χ1n) is 10.2. The second-order valence-corrected chi connectivity index (χ2v) is 7.55. The lowest BCUT2D eigenvalue weighted by molar-refractivity contribution is -0.127. The molecule has 2 aromatic carbocycles. The largest absolute Gasteiger partial charge is 0.349 e. The Morgan fingerprint density at radius 3 is 2.23 bits per heavy atom. The topological polar surface area (TPSA) is 73.5 Å². The van der Waals surface area contributed by atoms with Gasteiger partial charge in [-0.25, -0.2) is 4.79 Å². The summed E-state index contributed by atoms with van der Waals surface area (Å²) in [5.41, 5.74) is 2.40. The van der Waals surface area contributed by atoms with E-state index in [1.165, 1.54) is 0 Å². The number of hydrogen-bond donors (Lipinski definition) is 3. The van der Waals surface area contributed by atoms with Gasteiger partial charge in [-0.15, -0.1) is 6.42 Å². The number of amides is 3. The Hall–Kier alpha value is -3.30. The summed E-state index contributed by atoms with van der Waals surface area (Å²) in [6.45, 7) is 4.34. The predicted octanol–water partition coefficient (Wildman–Crippen LogP) is 3.85. The van der Waals surface area contributed by atoms with E-state index in [0.717, 1.165) is 37.2 Å². The van der Waals surface area contributed by atoms with E-state index in [2.05, 4.69) is 26.8 Å². The molecule has 1 atom stereocenters. The number of piperidine rings is 1. The zero-order chi connectivity index (χ0) is 21.3. The Bertz CT molecular complexity index is 882. The number of nitrogens with one attached hydrogen (secondary N) is 3. The van der Waals surface area contributed by atoms with Gasteiger partial charge in [-0.1, -0.05) is 36.3 Å². The highest BCUT2D eigenvalue weighted by molar-refractivity contribution is 5.99. The van der Waals surface area contributed by atoms with Crippen LogP contribution in [0.25, 0.3) is 0 Å². The maximum Gasteiger partial charge on any atom is 0.323 e. The first-order chi connectivity index (χ1) is 14.5. The van der Waals surface area contributed by atoms with Crippen molar-refractivity contribution in [3.05, 3.63) is 60.2 Å². The van der Waals surface area contributed by atoms with Crippen LogP contribution in [-0.4, -0.2) is 36.5 Å². The molecule has 0 radical (unpaired) electrons. The Kier molecular flexibility index (Phi) is 7.47. The van der Waals surface area contributed by atoms with Crippen molar-refractivity contribution in [1.82, 2.24) is 10.2 Å². The number of rotatable bonds is 6. The maximum atomic E-state index is 12.6. The van der Waals surface area contributed by atoms with E-state index in [1.807, 2.05) is 61.5 Å². The van der Waals surface area contributed by atoms with Gasteiger partial charge in [-0.2, -0.15) is 0 Å². The highest BCUT2D eigenvalue weighted by atomic mass is 16.2. The molecule has 0 aromatic heterocycles. The highest BCUT2D eigenvalue weighted by Gasteiger charge is 2.25. The molecule has 6 heteroatoms. The summed E-state index contributed by atoms with van der Waals surface area (Å²) in [6, 6.07) is 16.4. The van der Waals surface area contributed by atoms with Crippen LogP contribution < -0.4 is 16.0 Å². The molecule has 1 aliphatic rings. The molecule has 3 N–H and O–H groups in total. The van der Waals surface area contributed by atoms with Crippen LogP contribution in [0.4, 0.5) is 16.2 Å². The minimum absolute atomic E-state index is 0.0316. The van der Waals surface area contributed by atoms with Crippen molar-refractivity contribution in [2.24, 2.45) is 5.92 Å². The fourth-order valence-electron chi connectivity index (χ4n) is 3.57. The van der Waals surface area contributed by atoms with Gasteiger partial charge in [0.2, 0.25) is 5.91 Å². The number of nitrogens with zero attached hydrogens (tertiary/aromatic N) is 1. The molecular formula is C24H28N4O2. The predicted molar refractivity (Wildman–Crippen MR) is 120 cm³/mol. The Labute approximate surface area is 178 Å². The minimum Gasteiger partial charge on any atom is -0.349 e. The molecule has 1 heterocycles. The van der Waals surface area contributed by atoms with Gasteiger partial charge >= 0.3 is 6.03 Å². The molecule has 0 saturated carbocycles. The van der Waals surface area contributed by atoms with Crippen LogP contribution in [0.3, 0.4) is 0 Å². The van der Waals surface area contributed by atoms with Crippen molar-refractivity contribution < 1.29 is 9.59 Å². The zero-order valence-electron chi connectivity index (χ0n) is 17.2. The molecule has 30 heavy (non-hydrogen) atoms. The molecule has 2 aromatic rings. The summed E-state index contributed by atoms with van der Waals surface area (Å²) in [5, 5.41) is 8.70. The van der Waals surface area contributed by atoms with E-state index >= 15 is 0 Å². The van der Waals surface area contributed by atoms with E-state index in [1.54, 1.807) is 0 Å². The summed E-state index contributed by atoms with van der Waals surface area (Å²) in [7, 11) is 0. The third kappa shape index (κ3) is 6.10. The van der Waals surface area contributed by atoms with Gasteiger partial charge in [0.1, 0.15) is 0 Å². The number of likely N-dealkylation sites (tertiary alicyclic amines) is 1. The normalized spacial score (nSPS) is 15.6. The van der Waals surface area contributed by atoms with Crippen LogP contribution in [-0.2, 0) is 4.79 Å². The number of carbonyl (C=O) groups is 2. The van der Waals surface area contributed by atoms with Gasteiger partial charge in [0.15, 0.2) is 0 Å². The summed E-state index contributed by atoms with van der Waals surface area (Å²) < 4.78 is 0. The second kappa shape index (κ2) is 10.5. The summed E-state index contributed by atoms with van der Waals surface area (Å²) in [6.07, 6.45) is 7.02. The summed E-state index contributed by atoms with van der Waals surface area (Å²) in [4.78, 5) is 26.9. The molecule has 1 unspecified atom stereocenters. The molecule has 0 bridgehead atoms. The first-order valence-corrected chi connectivity index (χ1v) is 10.2. The van der Waals surface area contributed by atoms with Crippen molar-refractivity contribution in [3.8, 4) is 12.3 Å². The number of terminal acetylenes is 1. The Morgan fingerprint density at radius 2 is 1.63 bits per heavy atom. The number of anilines is 2. The maximum absolute atomic E-state index is 12.6. The van der Waals surface area contributed by atoms with Crippen LogP contribution in [0.15, 0.2) is 54.6 Å². The fraction of sp³-hybridized carbons (Fsp3) is 0.333. The molecule has 3 amide bonds. The molecule has 3 rings (SSSR count). The van der Waals surface area contributed by atoms with Gasteiger partial charge < -0.3 is 16.0 Å². The standard InChI is InChI=1S/C24H28N4O2/c1-3-15-28-16-13-20(14-17-28)23(29)25-18(2)19-9-11-22(12-10-19)27-24(30)26-21-7-5-4-6-8-21/h1,4-12,18,20H,13-17H2,2H3,(H,25,29)(H2,26,27,30). The van der Waals surface area contributed by atoms with Crippen molar-refractivity contribution in [2.45, 2.75) is 25.8 Å². The molecule has 1 fully saturated rings. The lowest BCUT2D eigenvalue weighted by Crippen LogP contribution is -2.41. The van der Waals surface area contributed by atoms with E-state index in [9.17, 15) is 9.59 Å². The van der Waals surface area contributed by atoms with Gasteiger partial charge in [-0.3, -0.25) is 9.69 Å².